The number of ether oxygens (including phenoxy) is 1. The first-order valence-electron chi connectivity index (χ1n) is 8.94. The molecule has 0 aromatic heterocycles. The predicted molar refractivity (Wildman–Crippen MR) is 98.7 cm³/mol. The van der Waals surface area contributed by atoms with Crippen molar-refractivity contribution in [3.63, 3.8) is 0 Å². The number of nitrogens with zero attached hydrogens (tertiary/aromatic N) is 1. The number of carbonyl (C=O) groups excluding carboxylic acids is 1. The second-order valence-electron chi connectivity index (χ2n) is 6.72. The Hall–Kier alpha value is -2.89. The van der Waals surface area contributed by atoms with Gasteiger partial charge in [-0.1, -0.05) is 24.3 Å². The van der Waals surface area contributed by atoms with Crippen LogP contribution in [0.15, 0.2) is 42.5 Å². The van der Waals surface area contributed by atoms with E-state index in [-0.39, 0.29) is 23.1 Å². The van der Waals surface area contributed by atoms with Crippen LogP contribution in [0.25, 0.3) is 0 Å². The van der Waals surface area contributed by atoms with Crippen LogP contribution in [0.2, 0.25) is 0 Å². The molecule has 1 fully saturated rings. The molecular formula is C21H22FNO4. The van der Waals surface area contributed by atoms with Crippen molar-refractivity contribution in [3.05, 3.63) is 65.0 Å². The van der Waals surface area contributed by atoms with Crippen molar-refractivity contribution in [2.75, 3.05) is 20.2 Å². The summed E-state index contributed by atoms with van der Waals surface area (Å²) >= 11 is 0. The van der Waals surface area contributed by atoms with Gasteiger partial charge in [0.2, 0.25) is 0 Å². The minimum atomic E-state index is -0.926. The summed E-state index contributed by atoms with van der Waals surface area (Å²) in [4.78, 5) is 25.7. The van der Waals surface area contributed by atoms with E-state index in [1.54, 1.807) is 23.1 Å². The van der Waals surface area contributed by atoms with E-state index in [2.05, 4.69) is 0 Å². The van der Waals surface area contributed by atoms with Gasteiger partial charge in [0, 0.05) is 13.1 Å². The molecule has 1 aliphatic heterocycles. The summed E-state index contributed by atoms with van der Waals surface area (Å²) in [6.45, 7) is 1.02. The molecule has 1 aliphatic rings. The first-order chi connectivity index (χ1) is 13.0. The number of carbonyl (C=O) groups is 2. The third-order valence-corrected chi connectivity index (χ3v) is 5.07. The van der Waals surface area contributed by atoms with Gasteiger partial charge in [-0.3, -0.25) is 4.79 Å². The second kappa shape index (κ2) is 8.20. The van der Waals surface area contributed by atoms with Gasteiger partial charge in [0.15, 0.2) is 0 Å². The number of hydrogen-bond acceptors (Lipinski definition) is 3. The van der Waals surface area contributed by atoms with Gasteiger partial charge in [-0.2, -0.15) is 0 Å². The van der Waals surface area contributed by atoms with Gasteiger partial charge in [-0.25, -0.2) is 9.18 Å². The van der Waals surface area contributed by atoms with Crippen LogP contribution in [-0.2, 0) is 6.42 Å². The zero-order valence-corrected chi connectivity index (χ0v) is 15.2. The fourth-order valence-corrected chi connectivity index (χ4v) is 3.60. The molecule has 0 radical (unpaired) electrons. The number of likely N-dealkylation sites (tertiary alicyclic amines) is 1. The van der Waals surface area contributed by atoms with E-state index >= 15 is 0 Å². The Labute approximate surface area is 157 Å². The molecule has 142 valence electrons. The number of carboxylic acid groups (broad SMARTS) is 1. The minimum absolute atomic E-state index is 0.0327. The SMILES string of the molecule is COc1cccc(F)c1C(=O)N1CCC(Cc2ccccc2C(=O)O)CC1. The Kier molecular flexibility index (Phi) is 5.74. The van der Waals surface area contributed by atoms with Gasteiger partial charge in [-0.05, 0) is 48.9 Å². The van der Waals surface area contributed by atoms with E-state index in [0.29, 0.717) is 25.1 Å². The number of piperidine rings is 1. The van der Waals surface area contributed by atoms with Gasteiger partial charge >= 0.3 is 5.97 Å². The zero-order chi connectivity index (χ0) is 19.4. The maximum atomic E-state index is 14.1. The molecule has 0 saturated carbocycles. The largest absolute Gasteiger partial charge is 0.496 e. The molecule has 1 saturated heterocycles. The molecule has 2 aromatic carbocycles. The minimum Gasteiger partial charge on any atom is -0.496 e. The van der Waals surface area contributed by atoms with Crippen LogP contribution in [0.1, 0.15) is 39.1 Å². The van der Waals surface area contributed by atoms with E-state index in [4.69, 9.17) is 4.74 Å². The topological polar surface area (TPSA) is 66.8 Å². The van der Waals surface area contributed by atoms with Crippen molar-refractivity contribution in [2.45, 2.75) is 19.3 Å². The van der Waals surface area contributed by atoms with Gasteiger partial charge in [0.25, 0.3) is 5.91 Å². The first kappa shape index (κ1) is 18.9. The molecule has 27 heavy (non-hydrogen) atoms. The van der Waals surface area contributed by atoms with Crippen molar-refractivity contribution in [2.24, 2.45) is 5.92 Å². The van der Waals surface area contributed by atoms with Crippen molar-refractivity contribution < 1.29 is 23.8 Å². The van der Waals surface area contributed by atoms with Crippen LogP contribution in [0.3, 0.4) is 0 Å². The van der Waals surface area contributed by atoms with Crippen LogP contribution in [0.5, 0.6) is 5.75 Å². The fourth-order valence-electron chi connectivity index (χ4n) is 3.60. The lowest BCUT2D eigenvalue weighted by Gasteiger charge is -2.32. The lowest BCUT2D eigenvalue weighted by atomic mass is 9.88. The number of carboxylic acids is 1. The summed E-state index contributed by atoms with van der Waals surface area (Å²) in [5, 5.41) is 9.31. The fraction of sp³-hybridized carbons (Fsp3) is 0.333. The predicted octanol–water partition coefficient (Wildman–Crippen LogP) is 3.63. The number of aromatic carboxylic acids is 1. The Morgan fingerprint density at radius 2 is 1.85 bits per heavy atom. The lowest BCUT2D eigenvalue weighted by Crippen LogP contribution is -2.39. The summed E-state index contributed by atoms with van der Waals surface area (Å²) < 4.78 is 19.3. The molecule has 1 amide bonds. The number of halogens is 1. The number of rotatable bonds is 5. The Bertz CT molecular complexity index is 844. The van der Waals surface area contributed by atoms with E-state index in [9.17, 15) is 19.1 Å². The van der Waals surface area contributed by atoms with E-state index in [1.807, 2.05) is 12.1 Å². The molecule has 0 spiro atoms. The van der Waals surface area contributed by atoms with Gasteiger partial charge in [-0.15, -0.1) is 0 Å². The van der Waals surface area contributed by atoms with E-state index in [1.165, 1.54) is 19.2 Å². The smallest absolute Gasteiger partial charge is 0.335 e. The molecule has 1 N–H and O–H groups in total. The van der Waals surface area contributed by atoms with Gasteiger partial charge < -0.3 is 14.7 Å². The second-order valence-corrected chi connectivity index (χ2v) is 6.72. The Morgan fingerprint density at radius 3 is 2.52 bits per heavy atom. The van der Waals surface area contributed by atoms with E-state index < -0.39 is 11.8 Å². The third kappa shape index (κ3) is 4.10. The average Bonchev–Trinajstić information content (AvgIpc) is 2.68. The normalized spacial score (nSPS) is 14.8. The summed E-state index contributed by atoms with van der Waals surface area (Å²) in [7, 11) is 1.41. The highest BCUT2D eigenvalue weighted by Crippen LogP contribution is 2.27. The third-order valence-electron chi connectivity index (χ3n) is 5.07. The lowest BCUT2D eigenvalue weighted by molar-refractivity contribution is 0.0682. The van der Waals surface area contributed by atoms with Crippen molar-refractivity contribution in [3.8, 4) is 5.75 Å². The first-order valence-corrected chi connectivity index (χ1v) is 8.94. The summed E-state index contributed by atoms with van der Waals surface area (Å²) in [6, 6.07) is 11.3. The molecule has 5 nitrogen and oxygen atoms in total. The summed E-state index contributed by atoms with van der Waals surface area (Å²) in [5.41, 5.74) is 1.10. The maximum absolute atomic E-state index is 14.1. The van der Waals surface area contributed by atoms with Crippen LogP contribution in [0.4, 0.5) is 4.39 Å². The molecular weight excluding hydrogens is 349 g/mol. The van der Waals surface area contributed by atoms with Crippen molar-refractivity contribution in [1.82, 2.24) is 4.90 Å². The highest BCUT2D eigenvalue weighted by molar-refractivity contribution is 5.97. The molecule has 6 heteroatoms. The van der Waals surface area contributed by atoms with E-state index in [0.717, 1.165) is 18.4 Å². The Morgan fingerprint density at radius 1 is 1.15 bits per heavy atom. The van der Waals surface area contributed by atoms with Crippen molar-refractivity contribution >= 4 is 11.9 Å². The molecule has 2 aromatic rings. The highest BCUT2D eigenvalue weighted by atomic mass is 19.1. The zero-order valence-electron chi connectivity index (χ0n) is 15.2. The molecule has 0 bridgehead atoms. The molecule has 0 aliphatic carbocycles. The standard InChI is InChI=1S/C21H22FNO4/c1-27-18-8-4-7-17(22)19(18)20(24)23-11-9-14(10-12-23)13-15-5-2-3-6-16(15)21(25)26/h2-8,14H,9-13H2,1H3,(H,25,26). The molecule has 0 unspecified atom stereocenters. The molecule has 3 rings (SSSR count). The number of hydrogen-bond donors (Lipinski definition) is 1. The summed E-state index contributed by atoms with van der Waals surface area (Å²) in [5.74, 6) is -1.36. The Balaban J connectivity index is 1.66. The molecule has 1 heterocycles. The number of amides is 1. The van der Waals surface area contributed by atoms with Crippen LogP contribution < -0.4 is 4.74 Å². The number of benzene rings is 2. The van der Waals surface area contributed by atoms with Crippen LogP contribution in [0, 0.1) is 11.7 Å². The average molecular weight is 371 g/mol. The number of methoxy groups -OCH3 is 1. The molecule has 0 atom stereocenters. The monoisotopic (exact) mass is 371 g/mol. The van der Waals surface area contributed by atoms with Gasteiger partial charge in [0.05, 0.1) is 12.7 Å². The quantitative estimate of drug-likeness (QED) is 0.872. The highest BCUT2D eigenvalue weighted by Gasteiger charge is 2.28. The maximum Gasteiger partial charge on any atom is 0.335 e. The summed E-state index contributed by atoms with van der Waals surface area (Å²) in [6.07, 6.45) is 2.15. The van der Waals surface area contributed by atoms with Crippen LogP contribution in [-0.4, -0.2) is 42.1 Å². The van der Waals surface area contributed by atoms with Gasteiger partial charge in [0.1, 0.15) is 17.1 Å². The van der Waals surface area contributed by atoms with Crippen molar-refractivity contribution in [1.29, 1.82) is 0 Å². The van der Waals surface area contributed by atoms with Crippen LogP contribution >= 0.6 is 0 Å².